The Morgan fingerprint density at radius 2 is 2.16 bits per heavy atom. The maximum absolute atomic E-state index is 11.7. The van der Waals surface area contributed by atoms with Gasteiger partial charge in [-0.15, -0.1) is 10.2 Å². The number of nitrogens with one attached hydrogen (secondary N) is 2. The Labute approximate surface area is 109 Å². The predicted molar refractivity (Wildman–Crippen MR) is 65.8 cm³/mol. The normalized spacial score (nSPS) is 12.1. The number of rotatable bonds is 5. The number of phenolic OH excluding ortho intramolecular Hbond substituents is 1. The highest BCUT2D eigenvalue weighted by atomic mass is 16.3. The minimum Gasteiger partial charge on any atom is -0.508 e. The molecule has 1 atom stereocenters. The average Bonchev–Trinajstić information content (AvgIpc) is 2.91. The lowest BCUT2D eigenvalue weighted by atomic mass is 10.1. The highest BCUT2D eigenvalue weighted by Gasteiger charge is 2.14. The van der Waals surface area contributed by atoms with Crippen molar-refractivity contribution >= 4 is 5.91 Å². The fourth-order valence-corrected chi connectivity index (χ4v) is 1.53. The molecule has 0 fully saturated rings. The number of amides is 1. The molecule has 1 aromatic carbocycles. The molecule has 5 N–H and O–H groups in total. The van der Waals surface area contributed by atoms with Crippen LogP contribution in [0.2, 0.25) is 0 Å². The van der Waals surface area contributed by atoms with E-state index in [1.54, 1.807) is 24.3 Å². The lowest BCUT2D eigenvalue weighted by Gasteiger charge is -2.11. The maximum atomic E-state index is 11.7. The number of aromatic amines is 1. The lowest BCUT2D eigenvalue weighted by molar-refractivity contribution is -0.122. The van der Waals surface area contributed by atoms with Gasteiger partial charge in [0.15, 0.2) is 5.82 Å². The molecule has 0 saturated heterocycles. The van der Waals surface area contributed by atoms with Crippen molar-refractivity contribution < 1.29 is 9.90 Å². The molecule has 0 spiro atoms. The molecule has 0 aliphatic rings. The summed E-state index contributed by atoms with van der Waals surface area (Å²) in [5.41, 5.74) is 6.66. The number of aromatic nitrogens is 4. The number of hydrogen-bond donors (Lipinski definition) is 4. The number of aromatic hydroxyl groups is 1. The Kier molecular flexibility index (Phi) is 4.04. The van der Waals surface area contributed by atoms with Gasteiger partial charge in [0.05, 0.1) is 12.6 Å². The van der Waals surface area contributed by atoms with Gasteiger partial charge in [-0.05, 0) is 24.1 Å². The van der Waals surface area contributed by atoms with Crippen LogP contribution >= 0.6 is 0 Å². The van der Waals surface area contributed by atoms with Gasteiger partial charge in [0.2, 0.25) is 5.91 Å². The van der Waals surface area contributed by atoms with E-state index in [2.05, 4.69) is 25.9 Å². The van der Waals surface area contributed by atoms with E-state index in [1.165, 1.54) is 0 Å². The Bertz CT molecular complexity index is 525. The van der Waals surface area contributed by atoms with Crippen LogP contribution in [0.4, 0.5) is 0 Å². The number of carbonyl (C=O) groups is 1. The number of tetrazole rings is 1. The SMILES string of the molecule is NC(Cc1ccc(O)cc1)C(=O)NCc1nn[nH]n1. The van der Waals surface area contributed by atoms with Crippen LogP contribution in [0.15, 0.2) is 24.3 Å². The van der Waals surface area contributed by atoms with Crippen LogP contribution in [0.3, 0.4) is 0 Å². The van der Waals surface area contributed by atoms with Crippen molar-refractivity contribution in [3.8, 4) is 5.75 Å². The van der Waals surface area contributed by atoms with E-state index in [1.807, 2.05) is 0 Å². The Hall–Kier alpha value is -2.48. The summed E-state index contributed by atoms with van der Waals surface area (Å²) < 4.78 is 0. The summed E-state index contributed by atoms with van der Waals surface area (Å²) in [5.74, 6) is 0.280. The summed E-state index contributed by atoms with van der Waals surface area (Å²) in [6, 6.07) is 5.89. The molecular weight excluding hydrogens is 248 g/mol. The molecule has 2 aromatic rings. The second-order valence-corrected chi connectivity index (χ2v) is 4.02. The third kappa shape index (κ3) is 3.75. The number of phenols is 1. The first-order chi connectivity index (χ1) is 9.15. The van der Waals surface area contributed by atoms with Gasteiger partial charge in [0, 0.05) is 0 Å². The summed E-state index contributed by atoms with van der Waals surface area (Å²) in [7, 11) is 0. The average molecular weight is 262 g/mol. The first-order valence-corrected chi connectivity index (χ1v) is 5.68. The Morgan fingerprint density at radius 3 is 2.79 bits per heavy atom. The number of benzene rings is 1. The molecular formula is C11H14N6O2. The van der Waals surface area contributed by atoms with E-state index in [0.29, 0.717) is 12.2 Å². The smallest absolute Gasteiger partial charge is 0.237 e. The molecule has 1 aromatic heterocycles. The number of H-pyrrole nitrogens is 1. The molecule has 0 saturated carbocycles. The molecule has 2 rings (SSSR count). The van der Waals surface area contributed by atoms with E-state index < -0.39 is 6.04 Å². The lowest BCUT2D eigenvalue weighted by Crippen LogP contribution is -2.41. The minimum atomic E-state index is -0.670. The zero-order valence-electron chi connectivity index (χ0n) is 10.1. The van der Waals surface area contributed by atoms with Gasteiger partial charge in [-0.25, -0.2) is 0 Å². The second-order valence-electron chi connectivity index (χ2n) is 4.02. The van der Waals surface area contributed by atoms with Gasteiger partial charge in [0.25, 0.3) is 0 Å². The third-order valence-corrected chi connectivity index (χ3v) is 2.54. The van der Waals surface area contributed by atoms with Crippen molar-refractivity contribution in [2.24, 2.45) is 5.73 Å². The summed E-state index contributed by atoms with van der Waals surface area (Å²) in [4.78, 5) is 11.7. The standard InChI is InChI=1S/C11H14N6O2/c12-9(5-7-1-3-8(18)4-2-7)11(19)13-6-10-14-16-17-15-10/h1-4,9,18H,5-6,12H2,(H,13,19)(H,14,15,16,17). The molecule has 0 aliphatic heterocycles. The summed E-state index contributed by atoms with van der Waals surface area (Å²) in [6.45, 7) is 0.179. The van der Waals surface area contributed by atoms with Gasteiger partial charge < -0.3 is 16.2 Å². The zero-order chi connectivity index (χ0) is 13.7. The highest BCUT2D eigenvalue weighted by Crippen LogP contribution is 2.10. The van der Waals surface area contributed by atoms with Crippen molar-refractivity contribution in [3.63, 3.8) is 0 Å². The number of carbonyl (C=O) groups excluding carboxylic acids is 1. The van der Waals surface area contributed by atoms with E-state index in [-0.39, 0.29) is 18.2 Å². The molecule has 1 heterocycles. The topological polar surface area (TPSA) is 130 Å². The van der Waals surface area contributed by atoms with E-state index in [9.17, 15) is 4.79 Å². The molecule has 0 aliphatic carbocycles. The minimum absolute atomic E-state index is 0.179. The molecule has 8 nitrogen and oxygen atoms in total. The fourth-order valence-electron chi connectivity index (χ4n) is 1.53. The van der Waals surface area contributed by atoms with E-state index in [4.69, 9.17) is 10.8 Å². The van der Waals surface area contributed by atoms with Crippen LogP contribution in [-0.2, 0) is 17.8 Å². The number of hydrogen-bond acceptors (Lipinski definition) is 6. The van der Waals surface area contributed by atoms with Crippen LogP contribution in [0.25, 0.3) is 0 Å². The Morgan fingerprint density at radius 1 is 1.42 bits per heavy atom. The van der Waals surface area contributed by atoms with E-state index >= 15 is 0 Å². The number of nitrogens with zero attached hydrogens (tertiary/aromatic N) is 3. The van der Waals surface area contributed by atoms with Crippen LogP contribution < -0.4 is 11.1 Å². The van der Waals surface area contributed by atoms with Gasteiger partial charge in [0.1, 0.15) is 5.75 Å². The maximum Gasteiger partial charge on any atom is 0.237 e. The largest absolute Gasteiger partial charge is 0.508 e. The molecule has 1 unspecified atom stereocenters. The highest BCUT2D eigenvalue weighted by molar-refractivity contribution is 5.81. The first-order valence-electron chi connectivity index (χ1n) is 5.68. The van der Waals surface area contributed by atoms with Crippen molar-refractivity contribution in [2.75, 3.05) is 0 Å². The van der Waals surface area contributed by atoms with Gasteiger partial charge in [-0.2, -0.15) is 5.21 Å². The van der Waals surface area contributed by atoms with Crippen LogP contribution in [-0.4, -0.2) is 37.7 Å². The monoisotopic (exact) mass is 262 g/mol. The third-order valence-electron chi connectivity index (χ3n) is 2.54. The molecule has 19 heavy (non-hydrogen) atoms. The summed E-state index contributed by atoms with van der Waals surface area (Å²) in [5, 5.41) is 24.9. The molecule has 100 valence electrons. The van der Waals surface area contributed by atoms with Gasteiger partial charge in [-0.3, -0.25) is 4.79 Å². The molecule has 8 heteroatoms. The second kappa shape index (κ2) is 5.91. The van der Waals surface area contributed by atoms with E-state index in [0.717, 1.165) is 5.56 Å². The quantitative estimate of drug-likeness (QED) is 0.552. The van der Waals surface area contributed by atoms with Crippen LogP contribution in [0, 0.1) is 0 Å². The fraction of sp³-hybridized carbons (Fsp3) is 0.273. The molecule has 1 amide bonds. The zero-order valence-corrected chi connectivity index (χ0v) is 10.1. The summed E-state index contributed by atoms with van der Waals surface area (Å²) in [6.07, 6.45) is 0.387. The van der Waals surface area contributed by atoms with Crippen molar-refractivity contribution in [2.45, 2.75) is 19.0 Å². The first kappa shape index (κ1) is 13.0. The Balaban J connectivity index is 1.83. The van der Waals surface area contributed by atoms with Crippen molar-refractivity contribution in [3.05, 3.63) is 35.7 Å². The van der Waals surface area contributed by atoms with Crippen LogP contribution in [0.5, 0.6) is 5.75 Å². The van der Waals surface area contributed by atoms with Gasteiger partial charge >= 0.3 is 0 Å². The molecule has 0 bridgehead atoms. The summed E-state index contributed by atoms with van der Waals surface area (Å²) >= 11 is 0. The van der Waals surface area contributed by atoms with Gasteiger partial charge in [-0.1, -0.05) is 17.3 Å². The van der Waals surface area contributed by atoms with Crippen molar-refractivity contribution in [1.82, 2.24) is 25.9 Å². The van der Waals surface area contributed by atoms with Crippen molar-refractivity contribution in [1.29, 1.82) is 0 Å². The number of nitrogens with two attached hydrogens (primary N) is 1. The van der Waals surface area contributed by atoms with Crippen LogP contribution in [0.1, 0.15) is 11.4 Å². The predicted octanol–water partition coefficient (Wildman–Crippen LogP) is -0.909. The molecule has 0 radical (unpaired) electrons.